The molecule has 0 aliphatic carbocycles. The van der Waals surface area contributed by atoms with Gasteiger partial charge in [0.2, 0.25) is 15.9 Å². The molecule has 11 nitrogen and oxygen atoms in total. The van der Waals surface area contributed by atoms with Crippen LogP contribution >= 0.6 is 0 Å². The number of nitrogens with zero attached hydrogens (tertiary/aromatic N) is 4. The van der Waals surface area contributed by atoms with E-state index in [1.165, 1.54) is 51.7 Å². The summed E-state index contributed by atoms with van der Waals surface area (Å²) in [5, 5.41) is 10.9. The summed E-state index contributed by atoms with van der Waals surface area (Å²) < 4.78 is 31.8. The molecule has 1 aliphatic heterocycles. The smallest absolute Gasteiger partial charge is 0.289 e. The number of carbonyl (C=O) groups excluding carboxylic acids is 2. The Labute approximate surface area is 172 Å². The normalized spacial score (nSPS) is 15.0. The summed E-state index contributed by atoms with van der Waals surface area (Å²) in [6.07, 6.45) is 1.36. The van der Waals surface area contributed by atoms with Crippen LogP contribution in [0.15, 0.2) is 52.0 Å². The number of piperazine rings is 1. The Bertz CT molecular complexity index is 1040. The predicted molar refractivity (Wildman–Crippen MR) is 104 cm³/mol. The molecule has 0 saturated carbocycles. The van der Waals surface area contributed by atoms with Gasteiger partial charge in [-0.25, -0.2) is 8.42 Å². The van der Waals surface area contributed by atoms with E-state index in [1.54, 1.807) is 6.07 Å². The number of carbonyl (C=O) groups is 2. The molecule has 1 aromatic carbocycles. The first-order chi connectivity index (χ1) is 14.2. The fourth-order valence-electron chi connectivity index (χ4n) is 3.05. The molecule has 30 heavy (non-hydrogen) atoms. The summed E-state index contributed by atoms with van der Waals surface area (Å²) in [7, 11) is -2.44. The first kappa shape index (κ1) is 21.5. The van der Waals surface area contributed by atoms with Crippen LogP contribution in [-0.4, -0.2) is 79.0 Å². The molecule has 2 heterocycles. The van der Waals surface area contributed by atoms with E-state index in [2.05, 4.69) is 0 Å². The molecule has 2 aromatic rings. The molecule has 1 aliphatic rings. The minimum Gasteiger partial charge on any atom is -0.459 e. The lowest BCUT2D eigenvalue weighted by Crippen LogP contribution is -2.52. The molecule has 3 rings (SSSR count). The van der Waals surface area contributed by atoms with Crippen LogP contribution in [0.4, 0.5) is 5.69 Å². The van der Waals surface area contributed by atoms with Crippen molar-refractivity contribution in [2.45, 2.75) is 4.90 Å². The van der Waals surface area contributed by atoms with Crippen LogP contribution in [0.2, 0.25) is 0 Å². The Morgan fingerprint density at radius 1 is 1.17 bits per heavy atom. The van der Waals surface area contributed by atoms with Crippen molar-refractivity contribution in [1.29, 1.82) is 0 Å². The molecule has 1 saturated heterocycles. The molecule has 0 radical (unpaired) electrons. The quantitative estimate of drug-likeness (QED) is 0.483. The van der Waals surface area contributed by atoms with Crippen molar-refractivity contribution in [2.75, 3.05) is 39.8 Å². The highest BCUT2D eigenvalue weighted by atomic mass is 32.2. The Kier molecular flexibility index (Phi) is 6.17. The number of furan rings is 1. The Morgan fingerprint density at radius 2 is 1.87 bits per heavy atom. The zero-order chi connectivity index (χ0) is 21.9. The first-order valence-corrected chi connectivity index (χ1v) is 10.5. The molecule has 0 unspecified atom stereocenters. The number of nitro benzene ring substituents is 1. The summed E-state index contributed by atoms with van der Waals surface area (Å²) in [5.74, 6) is -0.622. The number of likely N-dealkylation sites (N-methyl/N-ethyl adjacent to an activating group) is 1. The fourth-order valence-corrected chi connectivity index (χ4v) is 4.51. The molecule has 1 fully saturated rings. The van der Waals surface area contributed by atoms with E-state index in [-0.39, 0.29) is 55.0 Å². The van der Waals surface area contributed by atoms with E-state index in [0.717, 1.165) is 6.07 Å². The van der Waals surface area contributed by atoms with E-state index < -0.39 is 20.9 Å². The molecule has 2 amide bonds. The van der Waals surface area contributed by atoms with Crippen molar-refractivity contribution >= 4 is 27.5 Å². The number of nitro groups is 1. The van der Waals surface area contributed by atoms with Crippen LogP contribution in [0.3, 0.4) is 0 Å². The van der Waals surface area contributed by atoms with Gasteiger partial charge in [-0.05, 0) is 18.2 Å². The SMILES string of the molecule is CN(CC(=O)N1CCN(S(=O)(=O)c2cccc([N+](=O)[O-])c2)CC1)C(=O)c1ccco1. The maximum atomic E-state index is 12.8. The lowest BCUT2D eigenvalue weighted by molar-refractivity contribution is -0.385. The summed E-state index contributed by atoms with van der Waals surface area (Å²) >= 11 is 0. The second-order valence-electron chi connectivity index (χ2n) is 6.68. The second kappa shape index (κ2) is 8.63. The lowest BCUT2D eigenvalue weighted by Gasteiger charge is -2.34. The number of hydrogen-bond donors (Lipinski definition) is 0. The third-order valence-electron chi connectivity index (χ3n) is 4.71. The van der Waals surface area contributed by atoms with Crippen LogP contribution in [0.5, 0.6) is 0 Å². The van der Waals surface area contributed by atoms with Gasteiger partial charge in [0.15, 0.2) is 5.76 Å². The molecule has 0 N–H and O–H groups in total. The van der Waals surface area contributed by atoms with E-state index >= 15 is 0 Å². The third-order valence-corrected chi connectivity index (χ3v) is 6.60. The molecular weight excluding hydrogens is 416 g/mol. The van der Waals surface area contributed by atoms with E-state index in [9.17, 15) is 28.1 Å². The molecule has 0 atom stereocenters. The van der Waals surface area contributed by atoms with Crippen LogP contribution in [0, 0.1) is 10.1 Å². The van der Waals surface area contributed by atoms with Crippen LogP contribution in [-0.2, 0) is 14.8 Å². The summed E-state index contributed by atoms with van der Waals surface area (Å²) in [6.45, 7) is 0.224. The summed E-state index contributed by atoms with van der Waals surface area (Å²) in [5.41, 5.74) is -0.311. The Morgan fingerprint density at radius 3 is 2.47 bits per heavy atom. The van der Waals surface area contributed by atoms with E-state index in [4.69, 9.17) is 4.42 Å². The molecule has 12 heteroatoms. The van der Waals surface area contributed by atoms with Crippen molar-refractivity contribution in [3.63, 3.8) is 0 Å². The number of hydrogen-bond acceptors (Lipinski definition) is 7. The van der Waals surface area contributed by atoms with Crippen LogP contribution in [0.1, 0.15) is 10.6 Å². The fraction of sp³-hybridized carbons (Fsp3) is 0.333. The standard InChI is InChI=1S/C18H20N4O7S/c1-19(18(24)16-6-3-11-29-16)13-17(23)20-7-9-21(10-8-20)30(27,28)15-5-2-4-14(12-15)22(25)26/h2-6,11-12H,7-10,13H2,1H3. The monoisotopic (exact) mass is 436 g/mol. The van der Waals surface area contributed by atoms with Gasteiger partial charge in [-0.15, -0.1) is 0 Å². The number of sulfonamides is 1. The average molecular weight is 436 g/mol. The van der Waals surface area contributed by atoms with Gasteiger partial charge in [-0.2, -0.15) is 4.31 Å². The molecular formula is C18H20N4O7S. The Balaban J connectivity index is 1.60. The van der Waals surface area contributed by atoms with Crippen molar-refractivity contribution in [3.8, 4) is 0 Å². The van der Waals surface area contributed by atoms with E-state index in [0.29, 0.717) is 0 Å². The second-order valence-corrected chi connectivity index (χ2v) is 8.62. The van der Waals surface area contributed by atoms with Crippen LogP contribution in [0.25, 0.3) is 0 Å². The highest BCUT2D eigenvalue weighted by Crippen LogP contribution is 2.22. The summed E-state index contributed by atoms with van der Waals surface area (Å²) in [6, 6.07) is 7.93. The van der Waals surface area contributed by atoms with Gasteiger partial charge in [0, 0.05) is 45.4 Å². The van der Waals surface area contributed by atoms with Crippen molar-refractivity contribution in [1.82, 2.24) is 14.1 Å². The highest BCUT2D eigenvalue weighted by Gasteiger charge is 2.31. The van der Waals surface area contributed by atoms with Gasteiger partial charge in [0.1, 0.15) is 0 Å². The zero-order valence-electron chi connectivity index (χ0n) is 16.1. The van der Waals surface area contributed by atoms with Gasteiger partial charge >= 0.3 is 0 Å². The lowest BCUT2D eigenvalue weighted by atomic mass is 10.3. The van der Waals surface area contributed by atoms with Gasteiger partial charge in [-0.3, -0.25) is 19.7 Å². The first-order valence-electron chi connectivity index (χ1n) is 9.01. The molecule has 160 valence electrons. The molecule has 1 aromatic heterocycles. The van der Waals surface area contributed by atoms with Crippen molar-refractivity contribution in [2.24, 2.45) is 0 Å². The van der Waals surface area contributed by atoms with Crippen molar-refractivity contribution in [3.05, 3.63) is 58.5 Å². The maximum Gasteiger partial charge on any atom is 0.289 e. The average Bonchev–Trinajstić information content (AvgIpc) is 3.28. The van der Waals surface area contributed by atoms with Gasteiger partial charge in [0.05, 0.1) is 22.6 Å². The number of amides is 2. The maximum absolute atomic E-state index is 12.8. The molecule has 0 spiro atoms. The number of non-ortho nitro benzene ring substituents is 1. The van der Waals surface area contributed by atoms with Crippen LogP contribution < -0.4 is 0 Å². The predicted octanol–water partition coefficient (Wildman–Crippen LogP) is 0.793. The minimum atomic E-state index is -3.92. The van der Waals surface area contributed by atoms with Crippen molar-refractivity contribution < 1.29 is 27.3 Å². The largest absolute Gasteiger partial charge is 0.459 e. The summed E-state index contributed by atoms with van der Waals surface area (Å²) in [4.78, 5) is 37.4. The van der Waals surface area contributed by atoms with E-state index in [1.807, 2.05) is 0 Å². The highest BCUT2D eigenvalue weighted by molar-refractivity contribution is 7.89. The topological polar surface area (TPSA) is 134 Å². The minimum absolute atomic E-state index is 0.0482. The number of benzene rings is 1. The third kappa shape index (κ3) is 4.49. The van der Waals surface area contributed by atoms with Gasteiger partial charge < -0.3 is 14.2 Å². The van der Waals surface area contributed by atoms with Gasteiger partial charge in [-0.1, -0.05) is 6.07 Å². The number of rotatable bonds is 6. The zero-order valence-corrected chi connectivity index (χ0v) is 16.9. The van der Waals surface area contributed by atoms with Gasteiger partial charge in [0.25, 0.3) is 11.6 Å². The molecule has 0 bridgehead atoms. The Hall–Kier alpha value is -3.25.